The third kappa shape index (κ3) is 4.87. The molecule has 1 saturated heterocycles. The minimum atomic E-state index is -0.715. The lowest BCUT2D eigenvalue weighted by Crippen LogP contribution is -2.52. The molecule has 3 amide bonds. The van der Waals surface area contributed by atoms with E-state index >= 15 is 0 Å². The van der Waals surface area contributed by atoms with E-state index < -0.39 is 11.8 Å². The van der Waals surface area contributed by atoms with E-state index in [0.717, 1.165) is 0 Å². The van der Waals surface area contributed by atoms with Gasteiger partial charge in [0, 0.05) is 44.9 Å². The van der Waals surface area contributed by atoms with Crippen LogP contribution in [-0.2, 0) is 14.4 Å². The highest BCUT2D eigenvalue weighted by Crippen LogP contribution is 2.30. The molecule has 26 heavy (non-hydrogen) atoms. The number of carbonyl (C=O) groups excluding carboxylic acids is 3. The number of nitrogens with zero attached hydrogens (tertiary/aromatic N) is 2. The van der Waals surface area contributed by atoms with Crippen molar-refractivity contribution in [3.05, 3.63) is 18.2 Å². The first-order valence-corrected chi connectivity index (χ1v) is 8.71. The summed E-state index contributed by atoms with van der Waals surface area (Å²) in [5.41, 5.74) is 0.456. The average Bonchev–Trinajstić information content (AvgIpc) is 2.63. The largest absolute Gasteiger partial charge is 0.490 e. The standard InChI is InChI=1S/C18H25N3O5/c1-4-25-15-7-6-14(12-16(15)26-5-2)19-17(23)18(24)21-10-8-20(9-11-21)13(3)22/h6-7,12H,4-5,8-11H2,1-3H3,(H,19,23). The second-order valence-electron chi connectivity index (χ2n) is 5.78. The van der Waals surface area contributed by atoms with E-state index in [4.69, 9.17) is 9.47 Å². The third-order valence-electron chi connectivity index (χ3n) is 4.01. The number of piperazine rings is 1. The van der Waals surface area contributed by atoms with Crippen LogP contribution in [0.15, 0.2) is 18.2 Å². The van der Waals surface area contributed by atoms with Crippen LogP contribution in [0, 0.1) is 0 Å². The van der Waals surface area contributed by atoms with Gasteiger partial charge in [0.2, 0.25) is 5.91 Å². The Hall–Kier alpha value is -2.77. The summed E-state index contributed by atoms with van der Waals surface area (Å²) in [4.78, 5) is 39.0. The Morgan fingerprint density at radius 1 is 0.962 bits per heavy atom. The van der Waals surface area contributed by atoms with Crippen LogP contribution < -0.4 is 14.8 Å². The molecule has 2 rings (SSSR count). The molecule has 1 aromatic carbocycles. The SMILES string of the molecule is CCOc1ccc(NC(=O)C(=O)N2CCN(C(C)=O)CC2)cc1OCC. The van der Waals surface area contributed by atoms with Crippen LogP contribution in [0.3, 0.4) is 0 Å². The smallest absolute Gasteiger partial charge is 0.313 e. The molecular weight excluding hydrogens is 338 g/mol. The van der Waals surface area contributed by atoms with Gasteiger partial charge in [-0.15, -0.1) is 0 Å². The van der Waals surface area contributed by atoms with Crippen LogP contribution >= 0.6 is 0 Å². The molecule has 1 aliphatic rings. The molecule has 0 spiro atoms. The minimum absolute atomic E-state index is 0.0283. The Morgan fingerprint density at radius 2 is 1.54 bits per heavy atom. The fraction of sp³-hybridized carbons (Fsp3) is 0.500. The maximum Gasteiger partial charge on any atom is 0.313 e. The zero-order valence-corrected chi connectivity index (χ0v) is 15.4. The van der Waals surface area contributed by atoms with Crippen molar-refractivity contribution >= 4 is 23.4 Å². The summed E-state index contributed by atoms with van der Waals surface area (Å²) in [5, 5.41) is 2.59. The van der Waals surface area contributed by atoms with Gasteiger partial charge in [0.25, 0.3) is 0 Å². The number of benzene rings is 1. The molecule has 1 aliphatic heterocycles. The van der Waals surface area contributed by atoms with Gasteiger partial charge in [-0.05, 0) is 26.0 Å². The van der Waals surface area contributed by atoms with Crippen LogP contribution in [0.2, 0.25) is 0 Å². The quantitative estimate of drug-likeness (QED) is 0.792. The maximum absolute atomic E-state index is 12.3. The topological polar surface area (TPSA) is 88.2 Å². The molecule has 0 saturated carbocycles. The van der Waals surface area contributed by atoms with Crippen molar-refractivity contribution < 1.29 is 23.9 Å². The molecule has 0 radical (unpaired) electrons. The lowest BCUT2D eigenvalue weighted by Gasteiger charge is -2.33. The molecule has 0 aromatic heterocycles. The van der Waals surface area contributed by atoms with Gasteiger partial charge in [0.15, 0.2) is 11.5 Å². The van der Waals surface area contributed by atoms with Crippen molar-refractivity contribution in [3.63, 3.8) is 0 Å². The van der Waals surface area contributed by atoms with Gasteiger partial charge in [-0.2, -0.15) is 0 Å². The first kappa shape index (κ1) is 19.6. The first-order chi connectivity index (χ1) is 12.5. The van der Waals surface area contributed by atoms with Gasteiger partial charge in [-0.1, -0.05) is 0 Å². The molecule has 0 bridgehead atoms. The Labute approximate surface area is 153 Å². The Kier molecular flexibility index (Phi) is 6.82. The van der Waals surface area contributed by atoms with Crippen molar-refractivity contribution in [2.45, 2.75) is 20.8 Å². The summed E-state index contributed by atoms with van der Waals surface area (Å²) in [6.07, 6.45) is 0. The zero-order chi connectivity index (χ0) is 19.1. The van der Waals surface area contributed by atoms with Gasteiger partial charge in [-0.3, -0.25) is 14.4 Å². The van der Waals surface area contributed by atoms with E-state index in [2.05, 4.69) is 5.32 Å². The highest BCUT2D eigenvalue weighted by Gasteiger charge is 2.27. The maximum atomic E-state index is 12.3. The van der Waals surface area contributed by atoms with Crippen molar-refractivity contribution in [2.75, 3.05) is 44.7 Å². The summed E-state index contributed by atoms with van der Waals surface area (Å²) >= 11 is 0. The summed E-state index contributed by atoms with van der Waals surface area (Å²) in [6, 6.07) is 4.99. The molecule has 0 aliphatic carbocycles. The van der Waals surface area contributed by atoms with Crippen LogP contribution in [0.25, 0.3) is 0 Å². The monoisotopic (exact) mass is 363 g/mol. The van der Waals surface area contributed by atoms with Crippen molar-refractivity contribution in [2.24, 2.45) is 0 Å². The molecule has 8 heteroatoms. The Morgan fingerprint density at radius 3 is 2.12 bits per heavy atom. The second kappa shape index (κ2) is 9.07. The molecule has 1 aromatic rings. The van der Waals surface area contributed by atoms with E-state index in [1.807, 2.05) is 13.8 Å². The van der Waals surface area contributed by atoms with Crippen LogP contribution in [0.1, 0.15) is 20.8 Å². The van der Waals surface area contributed by atoms with Gasteiger partial charge in [0.05, 0.1) is 13.2 Å². The normalized spacial score (nSPS) is 14.0. The first-order valence-electron chi connectivity index (χ1n) is 8.71. The number of anilines is 1. The zero-order valence-electron chi connectivity index (χ0n) is 15.4. The molecular formula is C18H25N3O5. The van der Waals surface area contributed by atoms with Crippen LogP contribution in [-0.4, -0.2) is 66.9 Å². The number of nitrogens with one attached hydrogen (secondary N) is 1. The number of ether oxygens (including phenoxy) is 2. The van der Waals surface area contributed by atoms with E-state index in [9.17, 15) is 14.4 Å². The predicted octanol–water partition coefficient (Wildman–Crippen LogP) is 1.11. The van der Waals surface area contributed by atoms with Gasteiger partial charge < -0.3 is 24.6 Å². The molecule has 1 fully saturated rings. The summed E-state index contributed by atoms with van der Waals surface area (Å²) in [7, 11) is 0. The fourth-order valence-electron chi connectivity index (χ4n) is 2.68. The average molecular weight is 363 g/mol. The second-order valence-corrected chi connectivity index (χ2v) is 5.78. The van der Waals surface area contributed by atoms with Gasteiger partial charge >= 0.3 is 11.8 Å². The van der Waals surface area contributed by atoms with Gasteiger partial charge in [0.1, 0.15) is 0 Å². The van der Waals surface area contributed by atoms with Crippen molar-refractivity contribution in [3.8, 4) is 11.5 Å². The van der Waals surface area contributed by atoms with Crippen molar-refractivity contribution in [1.82, 2.24) is 9.80 Å². The van der Waals surface area contributed by atoms with E-state index in [1.54, 1.807) is 23.1 Å². The molecule has 1 heterocycles. The summed E-state index contributed by atoms with van der Waals surface area (Å²) < 4.78 is 11.0. The van der Waals surface area contributed by atoms with E-state index in [1.165, 1.54) is 11.8 Å². The molecule has 1 N–H and O–H groups in total. The molecule has 142 valence electrons. The number of hydrogen-bond donors (Lipinski definition) is 1. The highest BCUT2D eigenvalue weighted by atomic mass is 16.5. The Bertz CT molecular complexity index is 669. The van der Waals surface area contributed by atoms with Crippen LogP contribution in [0.4, 0.5) is 5.69 Å². The number of carbonyl (C=O) groups is 3. The van der Waals surface area contributed by atoms with Crippen LogP contribution in [0.5, 0.6) is 11.5 Å². The molecule has 0 unspecified atom stereocenters. The van der Waals surface area contributed by atoms with Crippen molar-refractivity contribution in [1.29, 1.82) is 0 Å². The number of amides is 3. The van der Waals surface area contributed by atoms with E-state index in [-0.39, 0.29) is 5.91 Å². The predicted molar refractivity (Wildman–Crippen MR) is 96.2 cm³/mol. The van der Waals surface area contributed by atoms with Gasteiger partial charge in [-0.25, -0.2) is 0 Å². The Balaban J connectivity index is 1.99. The van der Waals surface area contributed by atoms with E-state index in [0.29, 0.717) is 56.6 Å². The fourth-order valence-corrected chi connectivity index (χ4v) is 2.68. The number of rotatable bonds is 5. The lowest BCUT2D eigenvalue weighted by atomic mass is 10.2. The molecule has 8 nitrogen and oxygen atoms in total. The highest BCUT2D eigenvalue weighted by molar-refractivity contribution is 6.39. The lowest BCUT2D eigenvalue weighted by molar-refractivity contribution is -0.145. The molecule has 0 atom stereocenters. The number of hydrogen-bond acceptors (Lipinski definition) is 5. The summed E-state index contributed by atoms with van der Waals surface area (Å²) in [5.74, 6) is -0.263. The third-order valence-corrected chi connectivity index (χ3v) is 4.01. The minimum Gasteiger partial charge on any atom is -0.490 e. The summed E-state index contributed by atoms with van der Waals surface area (Å²) in [6.45, 7) is 7.73.